The number of aryl methyl sites for hydroxylation is 2. The van der Waals surface area contributed by atoms with Gasteiger partial charge in [-0.05, 0) is 30.5 Å². The van der Waals surface area contributed by atoms with Crippen molar-refractivity contribution in [1.29, 1.82) is 0 Å². The smallest absolute Gasteiger partial charge is 0.164 e. The number of benzene rings is 1. The molecule has 0 saturated heterocycles. The number of nitrogens with two attached hydrogens (primary N) is 1. The molecule has 1 aromatic carbocycles. The van der Waals surface area contributed by atoms with Crippen molar-refractivity contribution < 1.29 is 4.74 Å². The predicted octanol–water partition coefficient (Wildman–Crippen LogP) is 2.03. The van der Waals surface area contributed by atoms with Crippen LogP contribution >= 0.6 is 0 Å². The number of hydrogen-bond acceptors (Lipinski definition) is 4. The molecular weight excluding hydrogens is 240 g/mol. The van der Waals surface area contributed by atoms with Gasteiger partial charge in [0.25, 0.3) is 0 Å². The van der Waals surface area contributed by atoms with E-state index in [-0.39, 0.29) is 0 Å². The Morgan fingerprint density at radius 3 is 2.95 bits per heavy atom. The topological polar surface area (TPSA) is 66.0 Å². The predicted molar refractivity (Wildman–Crippen MR) is 73.7 cm³/mol. The molecule has 0 saturated carbocycles. The van der Waals surface area contributed by atoms with Crippen molar-refractivity contribution in [1.82, 2.24) is 14.8 Å². The van der Waals surface area contributed by atoms with Crippen LogP contribution in [0.15, 0.2) is 24.5 Å². The summed E-state index contributed by atoms with van der Waals surface area (Å²) in [4.78, 5) is 4.22. The van der Waals surface area contributed by atoms with Crippen molar-refractivity contribution in [2.24, 2.45) is 5.73 Å². The van der Waals surface area contributed by atoms with Gasteiger partial charge in [-0.1, -0.05) is 19.1 Å². The monoisotopic (exact) mass is 260 g/mol. The lowest BCUT2D eigenvalue weighted by Crippen LogP contribution is -2.09. The lowest BCUT2D eigenvalue weighted by Gasteiger charge is -2.11. The highest BCUT2D eigenvalue weighted by atomic mass is 16.5. The Bertz CT molecular complexity index is 536. The van der Waals surface area contributed by atoms with E-state index in [1.165, 1.54) is 0 Å². The molecule has 1 aromatic heterocycles. The first-order chi connectivity index (χ1) is 9.24. The second-order valence-corrected chi connectivity index (χ2v) is 4.49. The van der Waals surface area contributed by atoms with Crippen molar-refractivity contribution in [3.63, 3.8) is 0 Å². The zero-order valence-electron chi connectivity index (χ0n) is 11.5. The summed E-state index contributed by atoms with van der Waals surface area (Å²) in [5.74, 6) is 1.70. The van der Waals surface area contributed by atoms with Gasteiger partial charge >= 0.3 is 0 Å². The van der Waals surface area contributed by atoms with Gasteiger partial charge in [-0.15, -0.1) is 0 Å². The third-order valence-electron chi connectivity index (χ3n) is 2.98. The summed E-state index contributed by atoms with van der Waals surface area (Å²) in [6.07, 6.45) is 2.59. The van der Waals surface area contributed by atoms with Gasteiger partial charge in [0, 0.05) is 13.1 Å². The van der Waals surface area contributed by atoms with Crippen LogP contribution in [0.25, 0.3) is 0 Å². The molecule has 5 nitrogen and oxygen atoms in total. The first-order valence-electron chi connectivity index (χ1n) is 6.53. The maximum absolute atomic E-state index is 5.83. The van der Waals surface area contributed by atoms with Crippen LogP contribution in [-0.2, 0) is 19.7 Å². The number of aromatic nitrogens is 3. The standard InChI is InChI=1S/C14H20N4O/c1-3-6-18-14(16-10-17-18)9-19-13-7-12(8-15)5-4-11(13)2/h4-5,7,10H,3,6,8-9,15H2,1-2H3. The molecule has 0 atom stereocenters. The van der Waals surface area contributed by atoms with E-state index in [2.05, 4.69) is 17.0 Å². The summed E-state index contributed by atoms with van der Waals surface area (Å²) in [6, 6.07) is 6.02. The third-order valence-corrected chi connectivity index (χ3v) is 2.98. The molecular formula is C14H20N4O. The van der Waals surface area contributed by atoms with Gasteiger partial charge in [-0.25, -0.2) is 9.67 Å². The van der Waals surface area contributed by atoms with Gasteiger partial charge < -0.3 is 10.5 Å². The molecule has 0 unspecified atom stereocenters. The van der Waals surface area contributed by atoms with Crippen LogP contribution in [0.3, 0.4) is 0 Å². The summed E-state index contributed by atoms with van der Waals surface area (Å²) in [7, 11) is 0. The SMILES string of the molecule is CCCn1ncnc1COc1cc(CN)ccc1C. The number of nitrogens with zero attached hydrogens (tertiary/aromatic N) is 3. The van der Waals surface area contributed by atoms with E-state index in [4.69, 9.17) is 10.5 Å². The summed E-state index contributed by atoms with van der Waals surface area (Å²) in [5, 5.41) is 4.18. The Morgan fingerprint density at radius 1 is 1.37 bits per heavy atom. The van der Waals surface area contributed by atoms with Gasteiger partial charge in [0.2, 0.25) is 0 Å². The third kappa shape index (κ3) is 3.32. The zero-order valence-corrected chi connectivity index (χ0v) is 11.5. The fourth-order valence-electron chi connectivity index (χ4n) is 1.87. The van der Waals surface area contributed by atoms with Crippen LogP contribution in [-0.4, -0.2) is 14.8 Å². The Morgan fingerprint density at radius 2 is 2.21 bits per heavy atom. The summed E-state index contributed by atoms with van der Waals surface area (Å²) in [6.45, 7) is 5.94. The minimum Gasteiger partial charge on any atom is -0.485 e. The average Bonchev–Trinajstić information content (AvgIpc) is 2.86. The number of ether oxygens (including phenoxy) is 1. The molecule has 0 aliphatic carbocycles. The Hall–Kier alpha value is -1.88. The molecule has 0 aliphatic rings. The van der Waals surface area contributed by atoms with E-state index in [0.717, 1.165) is 35.7 Å². The molecule has 102 valence electrons. The highest BCUT2D eigenvalue weighted by molar-refractivity contribution is 5.36. The minimum absolute atomic E-state index is 0.425. The first kappa shape index (κ1) is 13.5. The Labute approximate surface area is 113 Å². The van der Waals surface area contributed by atoms with Crippen molar-refractivity contribution in [3.8, 4) is 5.75 Å². The zero-order chi connectivity index (χ0) is 13.7. The molecule has 0 fully saturated rings. The van der Waals surface area contributed by atoms with Crippen LogP contribution in [0.4, 0.5) is 0 Å². The highest BCUT2D eigenvalue weighted by Crippen LogP contribution is 2.20. The lowest BCUT2D eigenvalue weighted by molar-refractivity contribution is 0.284. The second kappa shape index (κ2) is 6.33. The van der Waals surface area contributed by atoms with Gasteiger partial charge in [0.1, 0.15) is 18.7 Å². The molecule has 0 aliphatic heterocycles. The molecule has 1 heterocycles. The van der Waals surface area contributed by atoms with Crippen LogP contribution in [0.1, 0.15) is 30.3 Å². The number of rotatable bonds is 6. The fourth-order valence-corrected chi connectivity index (χ4v) is 1.87. The molecule has 0 spiro atoms. The largest absolute Gasteiger partial charge is 0.485 e. The van der Waals surface area contributed by atoms with Crippen molar-refractivity contribution >= 4 is 0 Å². The summed E-state index contributed by atoms with van der Waals surface area (Å²) in [5.41, 5.74) is 7.80. The van der Waals surface area contributed by atoms with Gasteiger partial charge in [0.15, 0.2) is 5.82 Å². The van der Waals surface area contributed by atoms with Crippen molar-refractivity contribution in [2.45, 2.75) is 40.0 Å². The highest BCUT2D eigenvalue weighted by Gasteiger charge is 2.06. The van der Waals surface area contributed by atoms with Crippen molar-refractivity contribution in [3.05, 3.63) is 41.5 Å². The quantitative estimate of drug-likeness (QED) is 0.863. The Balaban J connectivity index is 2.07. The van der Waals surface area contributed by atoms with Crippen LogP contribution in [0, 0.1) is 6.92 Å². The molecule has 2 aromatic rings. The lowest BCUT2D eigenvalue weighted by atomic mass is 10.1. The fraction of sp³-hybridized carbons (Fsp3) is 0.429. The average molecular weight is 260 g/mol. The van der Waals surface area contributed by atoms with Gasteiger partial charge in [0.05, 0.1) is 0 Å². The Kier molecular flexibility index (Phi) is 4.52. The van der Waals surface area contributed by atoms with E-state index in [1.807, 2.05) is 29.8 Å². The maximum atomic E-state index is 5.83. The number of hydrogen-bond donors (Lipinski definition) is 1. The van der Waals surface area contributed by atoms with E-state index >= 15 is 0 Å². The molecule has 2 rings (SSSR count). The van der Waals surface area contributed by atoms with E-state index in [1.54, 1.807) is 6.33 Å². The second-order valence-electron chi connectivity index (χ2n) is 4.49. The van der Waals surface area contributed by atoms with Crippen LogP contribution < -0.4 is 10.5 Å². The van der Waals surface area contributed by atoms with E-state index in [9.17, 15) is 0 Å². The molecule has 0 radical (unpaired) electrons. The van der Waals surface area contributed by atoms with E-state index < -0.39 is 0 Å². The molecule has 5 heteroatoms. The van der Waals surface area contributed by atoms with Gasteiger partial charge in [-0.2, -0.15) is 5.10 Å². The van der Waals surface area contributed by atoms with E-state index in [0.29, 0.717) is 13.2 Å². The maximum Gasteiger partial charge on any atom is 0.164 e. The molecule has 0 amide bonds. The minimum atomic E-state index is 0.425. The van der Waals surface area contributed by atoms with Crippen LogP contribution in [0.2, 0.25) is 0 Å². The van der Waals surface area contributed by atoms with Crippen molar-refractivity contribution in [2.75, 3.05) is 0 Å². The van der Waals surface area contributed by atoms with Gasteiger partial charge in [-0.3, -0.25) is 0 Å². The normalized spacial score (nSPS) is 10.7. The summed E-state index contributed by atoms with van der Waals surface area (Å²) >= 11 is 0. The summed E-state index contributed by atoms with van der Waals surface area (Å²) < 4.78 is 7.71. The molecule has 0 bridgehead atoms. The first-order valence-corrected chi connectivity index (χ1v) is 6.53. The molecule has 2 N–H and O–H groups in total. The van der Waals surface area contributed by atoms with Crippen LogP contribution in [0.5, 0.6) is 5.75 Å². The molecule has 19 heavy (non-hydrogen) atoms.